The molecule has 2 fully saturated rings. The summed E-state index contributed by atoms with van der Waals surface area (Å²) in [4.78, 5) is 24.5. The van der Waals surface area contributed by atoms with Gasteiger partial charge in [-0.2, -0.15) is 0 Å². The fourth-order valence-electron chi connectivity index (χ4n) is 2.40. The fraction of sp³-hybridized carbons (Fsp3) is 0.800. The van der Waals surface area contributed by atoms with Crippen molar-refractivity contribution in [1.29, 1.82) is 0 Å². The van der Waals surface area contributed by atoms with Crippen molar-refractivity contribution in [2.75, 3.05) is 0 Å². The highest BCUT2D eigenvalue weighted by Crippen LogP contribution is 2.26. The molecule has 0 radical (unpaired) electrons. The van der Waals surface area contributed by atoms with Crippen LogP contribution in [-0.4, -0.2) is 28.8 Å². The van der Waals surface area contributed by atoms with Crippen molar-refractivity contribution in [3.8, 4) is 0 Å². The fourth-order valence-corrected chi connectivity index (χ4v) is 2.40. The van der Waals surface area contributed by atoms with Gasteiger partial charge in [0.25, 0.3) is 0 Å². The lowest BCUT2D eigenvalue weighted by atomic mass is 9.94. The highest BCUT2D eigenvalue weighted by molar-refractivity contribution is 6.05. The van der Waals surface area contributed by atoms with Gasteiger partial charge < -0.3 is 5.73 Å². The molecule has 78 valence electrons. The van der Waals surface area contributed by atoms with E-state index in [2.05, 4.69) is 0 Å². The van der Waals surface area contributed by atoms with E-state index in [1.165, 1.54) is 11.3 Å². The summed E-state index contributed by atoms with van der Waals surface area (Å²) in [6.45, 7) is 0. The highest BCUT2D eigenvalue weighted by Gasteiger charge is 2.40. The van der Waals surface area contributed by atoms with E-state index in [4.69, 9.17) is 5.73 Å². The van der Waals surface area contributed by atoms with Gasteiger partial charge in [-0.25, -0.2) is 0 Å². The number of amides is 2. The zero-order chi connectivity index (χ0) is 10.1. The zero-order valence-electron chi connectivity index (χ0n) is 8.24. The minimum absolute atomic E-state index is 0.0746. The molecular weight excluding hydrogens is 180 g/mol. The van der Waals surface area contributed by atoms with E-state index in [-0.39, 0.29) is 24.3 Å². The molecule has 4 nitrogen and oxygen atoms in total. The molecule has 2 rings (SSSR count). The van der Waals surface area contributed by atoms with Crippen LogP contribution in [0.15, 0.2) is 0 Å². The third kappa shape index (κ3) is 1.54. The Kier molecular flexibility index (Phi) is 2.54. The monoisotopic (exact) mass is 196 g/mol. The number of hydrogen-bond donors (Lipinski definition) is 1. The molecule has 0 spiro atoms. The Morgan fingerprint density at radius 3 is 2.29 bits per heavy atom. The van der Waals surface area contributed by atoms with Crippen LogP contribution in [0.25, 0.3) is 0 Å². The quantitative estimate of drug-likeness (QED) is 0.618. The van der Waals surface area contributed by atoms with E-state index in [0.717, 1.165) is 25.7 Å². The Morgan fingerprint density at radius 1 is 1.14 bits per heavy atom. The molecule has 2 amide bonds. The minimum atomic E-state index is -0.579. The summed E-state index contributed by atoms with van der Waals surface area (Å²) in [5, 5.41) is 0. The summed E-state index contributed by atoms with van der Waals surface area (Å²) in [6.07, 6.45) is 5.59. The van der Waals surface area contributed by atoms with Crippen molar-refractivity contribution in [1.82, 2.24) is 4.90 Å². The molecule has 1 saturated carbocycles. The number of rotatable bonds is 1. The number of hydrogen-bond acceptors (Lipinski definition) is 3. The first-order valence-corrected chi connectivity index (χ1v) is 5.31. The predicted molar refractivity (Wildman–Crippen MR) is 51.3 cm³/mol. The zero-order valence-corrected chi connectivity index (χ0v) is 8.24. The van der Waals surface area contributed by atoms with Crippen molar-refractivity contribution in [3.63, 3.8) is 0 Å². The molecule has 1 saturated heterocycles. The van der Waals surface area contributed by atoms with E-state index in [1.54, 1.807) is 0 Å². The van der Waals surface area contributed by atoms with Gasteiger partial charge in [-0.15, -0.1) is 0 Å². The maximum absolute atomic E-state index is 11.6. The van der Waals surface area contributed by atoms with Gasteiger partial charge in [0.1, 0.15) is 0 Å². The third-order valence-corrected chi connectivity index (χ3v) is 3.16. The van der Waals surface area contributed by atoms with Crippen molar-refractivity contribution in [3.05, 3.63) is 0 Å². The highest BCUT2D eigenvalue weighted by atomic mass is 16.2. The Labute approximate surface area is 83.4 Å². The van der Waals surface area contributed by atoms with Crippen molar-refractivity contribution in [2.24, 2.45) is 5.73 Å². The summed E-state index contributed by atoms with van der Waals surface area (Å²) >= 11 is 0. The van der Waals surface area contributed by atoms with E-state index in [0.29, 0.717) is 0 Å². The van der Waals surface area contributed by atoms with Crippen LogP contribution in [-0.2, 0) is 9.59 Å². The van der Waals surface area contributed by atoms with Crippen molar-refractivity contribution < 1.29 is 9.59 Å². The standard InChI is InChI=1S/C10H16N2O2/c11-8-6-9(13)12(10(8)14)7-4-2-1-3-5-7/h7-8H,1-6,11H2/t8-/m1/s1. The normalized spacial score (nSPS) is 30.1. The SMILES string of the molecule is N[C@@H]1CC(=O)N(C2CCCCC2)C1=O. The molecule has 4 heteroatoms. The first kappa shape index (κ1) is 9.65. The lowest BCUT2D eigenvalue weighted by Gasteiger charge is -2.29. The number of carbonyl (C=O) groups is 2. The number of carbonyl (C=O) groups excluding carboxylic acids is 2. The Bertz CT molecular complexity index is 259. The molecular formula is C10H16N2O2. The van der Waals surface area contributed by atoms with Crippen LogP contribution in [0.5, 0.6) is 0 Å². The van der Waals surface area contributed by atoms with Crippen LogP contribution in [0.2, 0.25) is 0 Å². The summed E-state index contributed by atoms with van der Waals surface area (Å²) in [5.74, 6) is -0.240. The average molecular weight is 196 g/mol. The van der Waals surface area contributed by atoms with Gasteiger partial charge in [-0.05, 0) is 12.8 Å². The molecule has 1 aliphatic heterocycles. The van der Waals surface area contributed by atoms with Gasteiger partial charge in [0, 0.05) is 6.04 Å². The van der Waals surface area contributed by atoms with Gasteiger partial charge >= 0.3 is 0 Å². The maximum atomic E-state index is 11.6. The molecule has 2 N–H and O–H groups in total. The molecule has 0 aromatic heterocycles. The van der Waals surface area contributed by atoms with Crippen LogP contribution in [0.4, 0.5) is 0 Å². The molecule has 1 heterocycles. The first-order valence-electron chi connectivity index (χ1n) is 5.31. The lowest BCUT2D eigenvalue weighted by molar-refractivity contribution is -0.142. The van der Waals surface area contributed by atoms with Gasteiger partial charge in [0.2, 0.25) is 11.8 Å². The first-order chi connectivity index (χ1) is 6.70. The number of imide groups is 1. The Morgan fingerprint density at radius 2 is 1.79 bits per heavy atom. The molecule has 1 atom stereocenters. The molecule has 0 aromatic carbocycles. The maximum Gasteiger partial charge on any atom is 0.246 e. The molecule has 0 aromatic rings. The van der Waals surface area contributed by atoms with Crippen LogP contribution >= 0.6 is 0 Å². The van der Waals surface area contributed by atoms with E-state index < -0.39 is 6.04 Å². The summed E-state index contributed by atoms with van der Waals surface area (Å²) in [5.41, 5.74) is 5.55. The summed E-state index contributed by atoms with van der Waals surface area (Å²) in [7, 11) is 0. The third-order valence-electron chi connectivity index (χ3n) is 3.16. The number of likely N-dealkylation sites (tertiary alicyclic amines) is 1. The predicted octanol–water partition coefficient (Wildman–Crippen LogP) is 0.405. The topological polar surface area (TPSA) is 63.4 Å². The van der Waals surface area contributed by atoms with Gasteiger partial charge in [-0.3, -0.25) is 14.5 Å². The largest absolute Gasteiger partial charge is 0.319 e. The minimum Gasteiger partial charge on any atom is -0.319 e. The van der Waals surface area contributed by atoms with Gasteiger partial charge in [-0.1, -0.05) is 19.3 Å². The second-order valence-electron chi connectivity index (χ2n) is 4.20. The average Bonchev–Trinajstić information content (AvgIpc) is 2.43. The van der Waals surface area contributed by atoms with Crippen LogP contribution < -0.4 is 5.73 Å². The smallest absolute Gasteiger partial charge is 0.246 e. The molecule has 14 heavy (non-hydrogen) atoms. The molecule has 0 unspecified atom stereocenters. The summed E-state index contributed by atoms with van der Waals surface area (Å²) in [6, 6.07) is -0.443. The molecule has 1 aliphatic carbocycles. The van der Waals surface area contributed by atoms with Gasteiger partial charge in [0.05, 0.1) is 12.5 Å². The van der Waals surface area contributed by atoms with Crippen molar-refractivity contribution >= 4 is 11.8 Å². The van der Waals surface area contributed by atoms with E-state index in [1.807, 2.05) is 0 Å². The van der Waals surface area contributed by atoms with Gasteiger partial charge in [0.15, 0.2) is 0 Å². The van der Waals surface area contributed by atoms with Crippen LogP contribution in [0.3, 0.4) is 0 Å². The van der Waals surface area contributed by atoms with Crippen molar-refractivity contribution in [2.45, 2.75) is 50.6 Å². The van der Waals surface area contributed by atoms with E-state index >= 15 is 0 Å². The van der Waals surface area contributed by atoms with E-state index in [9.17, 15) is 9.59 Å². The lowest BCUT2D eigenvalue weighted by Crippen LogP contribution is -2.43. The number of nitrogens with zero attached hydrogens (tertiary/aromatic N) is 1. The van der Waals surface area contributed by atoms with Crippen LogP contribution in [0, 0.1) is 0 Å². The molecule has 2 aliphatic rings. The number of nitrogens with two attached hydrogens (primary N) is 1. The Balaban J connectivity index is 2.08. The second kappa shape index (κ2) is 3.69. The van der Waals surface area contributed by atoms with Crippen LogP contribution in [0.1, 0.15) is 38.5 Å². The Hall–Kier alpha value is -0.900. The second-order valence-corrected chi connectivity index (χ2v) is 4.20. The summed E-state index contributed by atoms with van der Waals surface area (Å²) < 4.78 is 0. The molecule has 0 bridgehead atoms.